The largest absolute Gasteiger partial charge is 0.462 e. The van der Waals surface area contributed by atoms with Crippen LogP contribution in [0.15, 0.2) is 11.6 Å². The van der Waals surface area contributed by atoms with Gasteiger partial charge in [-0.3, -0.25) is 9.59 Å². The SMILES string of the molecule is CC(=O)O[C@H]1CC[C@H]2[C@@H]3CCC4=CC(=O)CC[C@@H]4[C@H]3C3OC3[C@]12C. The molecule has 4 nitrogen and oxygen atoms in total. The Morgan fingerprint density at radius 1 is 1.25 bits per heavy atom. The molecule has 4 heteroatoms. The zero-order valence-corrected chi connectivity index (χ0v) is 14.5. The average Bonchev–Trinajstić information content (AvgIpc) is 3.27. The van der Waals surface area contributed by atoms with E-state index in [1.165, 1.54) is 18.9 Å². The molecule has 0 aromatic heterocycles. The van der Waals surface area contributed by atoms with Crippen molar-refractivity contribution in [3.05, 3.63) is 11.6 Å². The number of rotatable bonds is 1. The molecular weight excluding hydrogens is 304 g/mol. The third kappa shape index (κ3) is 1.89. The minimum atomic E-state index is -0.166. The highest BCUT2D eigenvalue weighted by atomic mass is 16.6. The summed E-state index contributed by atoms with van der Waals surface area (Å²) in [7, 11) is 0. The van der Waals surface area contributed by atoms with Gasteiger partial charge in [-0.15, -0.1) is 0 Å². The fraction of sp³-hybridized carbons (Fsp3) is 0.800. The van der Waals surface area contributed by atoms with Crippen LogP contribution in [-0.2, 0) is 19.1 Å². The van der Waals surface area contributed by atoms with Gasteiger partial charge in [0.25, 0.3) is 0 Å². The molecule has 4 aliphatic carbocycles. The molecule has 0 aromatic carbocycles. The Balaban J connectivity index is 1.47. The lowest BCUT2D eigenvalue weighted by atomic mass is 9.52. The summed E-state index contributed by atoms with van der Waals surface area (Å²) in [4.78, 5) is 23.3. The lowest BCUT2D eigenvalue weighted by molar-refractivity contribution is -0.155. The van der Waals surface area contributed by atoms with Crippen molar-refractivity contribution < 1.29 is 19.1 Å². The van der Waals surface area contributed by atoms with Crippen molar-refractivity contribution in [3.63, 3.8) is 0 Å². The standard InChI is InChI=1S/C20H26O4/c1-10(21)23-16-8-7-15-14-5-3-11-9-12(22)4-6-13(11)17(14)18-19(24-18)20(15,16)2/h9,13-19H,3-8H2,1-2H3/t13-,14-,15-,16-,17+,18?,19?,20-/m0/s1. The number of carbonyl (C=O) groups excluding carboxylic acids is 2. The second-order valence-electron chi connectivity index (χ2n) is 8.78. The Kier molecular flexibility index (Phi) is 3.11. The van der Waals surface area contributed by atoms with Gasteiger partial charge in [0.1, 0.15) is 6.10 Å². The molecule has 3 saturated carbocycles. The van der Waals surface area contributed by atoms with Gasteiger partial charge in [-0.1, -0.05) is 12.5 Å². The minimum Gasteiger partial charge on any atom is -0.462 e. The topological polar surface area (TPSA) is 55.9 Å². The lowest BCUT2D eigenvalue weighted by Crippen LogP contribution is -2.53. The van der Waals surface area contributed by atoms with E-state index in [1.807, 2.05) is 6.08 Å². The third-order valence-electron chi connectivity index (χ3n) is 7.83. The van der Waals surface area contributed by atoms with E-state index in [-0.39, 0.29) is 23.6 Å². The maximum Gasteiger partial charge on any atom is 0.302 e. The summed E-state index contributed by atoms with van der Waals surface area (Å²) in [5.41, 5.74) is 1.38. The van der Waals surface area contributed by atoms with E-state index in [4.69, 9.17) is 9.47 Å². The first-order chi connectivity index (χ1) is 11.5. The van der Waals surface area contributed by atoms with Gasteiger partial charge < -0.3 is 9.47 Å². The van der Waals surface area contributed by atoms with Gasteiger partial charge in [-0.25, -0.2) is 0 Å². The highest BCUT2D eigenvalue weighted by Gasteiger charge is 2.72. The second kappa shape index (κ2) is 4.94. The van der Waals surface area contributed by atoms with Crippen molar-refractivity contribution in [3.8, 4) is 0 Å². The first-order valence-electron chi connectivity index (χ1n) is 9.56. The van der Waals surface area contributed by atoms with Crippen LogP contribution in [-0.4, -0.2) is 30.1 Å². The highest BCUT2D eigenvalue weighted by Crippen LogP contribution is 2.68. The molecule has 1 aliphatic heterocycles. The summed E-state index contributed by atoms with van der Waals surface area (Å²) >= 11 is 0. The van der Waals surface area contributed by atoms with E-state index in [1.54, 1.807) is 0 Å². The van der Waals surface area contributed by atoms with Crippen molar-refractivity contribution in [1.29, 1.82) is 0 Å². The molecule has 1 heterocycles. The van der Waals surface area contributed by atoms with Crippen LogP contribution in [0.1, 0.15) is 52.4 Å². The van der Waals surface area contributed by atoms with E-state index in [0.717, 1.165) is 25.7 Å². The van der Waals surface area contributed by atoms with E-state index in [2.05, 4.69) is 6.92 Å². The Morgan fingerprint density at radius 2 is 2.08 bits per heavy atom. The Hall–Kier alpha value is -1.16. The smallest absolute Gasteiger partial charge is 0.302 e. The predicted molar refractivity (Wildman–Crippen MR) is 87.1 cm³/mol. The zero-order valence-electron chi connectivity index (χ0n) is 14.5. The van der Waals surface area contributed by atoms with Crippen molar-refractivity contribution in [2.24, 2.45) is 29.1 Å². The van der Waals surface area contributed by atoms with Gasteiger partial charge in [-0.2, -0.15) is 0 Å². The fourth-order valence-corrected chi connectivity index (χ4v) is 6.90. The molecule has 0 amide bonds. The highest BCUT2D eigenvalue weighted by molar-refractivity contribution is 5.91. The normalized spacial score (nSPS) is 51.7. The Bertz CT molecular complexity index is 638. The molecule has 130 valence electrons. The Labute approximate surface area is 143 Å². The van der Waals surface area contributed by atoms with Gasteiger partial charge in [0, 0.05) is 18.8 Å². The van der Waals surface area contributed by atoms with Gasteiger partial charge in [-0.05, 0) is 61.9 Å². The molecular formula is C20H26O4. The number of allylic oxidation sites excluding steroid dienone is 1. The molecule has 0 bridgehead atoms. The van der Waals surface area contributed by atoms with Crippen molar-refractivity contribution >= 4 is 11.8 Å². The van der Waals surface area contributed by atoms with Crippen molar-refractivity contribution in [2.45, 2.75) is 70.7 Å². The fourth-order valence-electron chi connectivity index (χ4n) is 6.90. The molecule has 2 unspecified atom stereocenters. The minimum absolute atomic E-state index is 0.0107. The first-order valence-corrected chi connectivity index (χ1v) is 9.56. The summed E-state index contributed by atoms with van der Waals surface area (Å²) in [6, 6.07) is 0. The number of epoxide rings is 1. The molecule has 0 N–H and O–H groups in total. The van der Waals surface area contributed by atoms with Crippen molar-refractivity contribution in [2.75, 3.05) is 0 Å². The van der Waals surface area contributed by atoms with Crippen LogP contribution in [0, 0.1) is 29.1 Å². The van der Waals surface area contributed by atoms with Crippen LogP contribution in [0.4, 0.5) is 0 Å². The summed E-state index contributed by atoms with van der Waals surface area (Å²) in [6.07, 6.45) is 8.57. The summed E-state index contributed by atoms with van der Waals surface area (Å²) in [6.45, 7) is 3.82. The van der Waals surface area contributed by atoms with E-state index < -0.39 is 0 Å². The maximum atomic E-state index is 11.8. The van der Waals surface area contributed by atoms with Crippen LogP contribution >= 0.6 is 0 Å². The first kappa shape index (κ1) is 15.1. The molecule has 1 saturated heterocycles. The third-order valence-corrected chi connectivity index (χ3v) is 7.83. The number of fused-ring (bicyclic) bond motifs is 8. The molecule has 0 radical (unpaired) electrons. The Morgan fingerprint density at radius 3 is 2.88 bits per heavy atom. The number of ether oxygens (including phenoxy) is 2. The quantitative estimate of drug-likeness (QED) is 0.548. The molecule has 0 aromatic rings. The van der Waals surface area contributed by atoms with Crippen LogP contribution in [0.25, 0.3) is 0 Å². The number of carbonyl (C=O) groups is 2. The number of esters is 1. The molecule has 24 heavy (non-hydrogen) atoms. The second-order valence-corrected chi connectivity index (χ2v) is 8.78. The average molecular weight is 330 g/mol. The summed E-state index contributed by atoms with van der Waals surface area (Å²) < 4.78 is 12.0. The number of hydrogen-bond acceptors (Lipinski definition) is 4. The molecule has 8 atom stereocenters. The van der Waals surface area contributed by atoms with Gasteiger partial charge in [0.15, 0.2) is 5.78 Å². The number of hydrogen-bond donors (Lipinski definition) is 0. The predicted octanol–water partition coefficient (Wildman–Crippen LogP) is 3.05. The van der Waals surface area contributed by atoms with Crippen LogP contribution in [0.3, 0.4) is 0 Å². The lowest BCUT2D eigenvalue weighted by Gasteiger charge is -2.51. The monoisotopic (exact) mass is 330 g/mol. The van der Waals surface area contributed by atoms with Gasteiger partial charge in [0.05, 0.1) is 12.2 Å². The zero-order chi connectivity index (χ0) is 16.6. The van der Waals surface area contributed by atoms with Crippen molar-refractivity contribution in [1.82, 2.24) is 0 Å². The number of ketones is 1. The van der Waals surface area contributed by atoms with E-state index in [0.29, 0.717) is 42.0 Å². The molecule has 5 aliphatic rings. The van der Waals surface area contributed by atoms with Crippen LogP contribution < -0.4 is 0 Å². The van der Waals surface area contributed by atoms with E-state index in [9.17, 15) is 9.59 Å². The molecule has 0 spiro atoms. The molecule has 4 fully saturated rings. The van der Waals surface area contributed by atoms with Gasteiger partial charge in [0.2, 0.25) is 0 Å². The van der Waals surface area contributed by atoms with Crippen LogP contribution in [0.5, 0.6) is 0 Å². The van der Waals surface area contributed by atoms with Crippen LogP contribution in [0.2, 0.25) is 0 Å². The summed E-state index contributed by atoms with van der Waals surface area (Å²) in [5.74, 6) is 2.53. The molecule has 5 rings (SSSR count). The maximum absolute atomic E-state index is 11.8. The summed E-state index contributed by atoms with van der Waals surface area (Å²) in [5, 5.41) is 0. The van der Waals surface area contributed by atoms with E-state index >= 15 is 0 Å². The van der Waals surface area contributed by atoms with Gasteiger partial charge >= 0.3 is 5.97 Å².